The van der Waals surface area contributed by atoms with Crippen molar-refractivity contribution in [2.75, 3.05) is 92.6 Å². The van der Waals surface area contributed by atoms with Crippen molar-refractivity contribution in [3.05, 3.63) is 129 Å². The Morgan fingerprint density at radius 2 is 0.957 bits per heavy atom. The van der Waals surface area contributed by atoms with Crippen LogP contribution in [0.5, 0.6) is 0 Å². The summed E-state index contributed by atoms with van der Waals surface area (Å²) in [6.45, 7) is 0. The predicted molar refractivity (Wildman–Crippen MR) is 275 cm³/mol. The second kappa shape index (κ2) is 23.5. The minimum atomic E-state index is -6.00. The fourth-order valence-electron chi connectivity index (χ4n) is 6.68. The first-order chi connectivity index (χ1) is 31.6. The van der Waals surface area contributed by atoms with Crippen LogP contribution in [0.1, 0.15) is 0 Å². The van der Waals surface area contributed by atoms with Gasteiger partial charge >= 0.3 is 12.9 Å². The zero-order valence-electron chi connectivity index (χ0n) is 39.7. The molecule has 12 nitrogen and oxygen atoms in total. The standard InChI is InChI=1S/C16H17N4O2S.C16H18N3S.C15H15N3S.BF4.2ClH/c1-18(2)10-5-6-11-14(9-10)23-16-12(17-11)7-8-13(19(3)4)15(16)20(21)22;1-18(2)11-5-7-13-15(9-11)20-16-10-12(19(3)4)6-8-14(16)17-13;1-16-10-4-6-12-14(8-10)19-15-9-11(18(2)3)5-7-13(15)17-12;2-1(3,4)5;;/h5-9H,1-4H3;5-10H,1-4H3;4-9H,1-3H3;;2*1H/q2*+1;;-1;;/p-1. The maximum absolute atomic E-state index is 11.6. The normalized spacial score (nSPS) is 10.7. The van der Waals surface area contributed by atoms with Gasteiger partial charge in [0.25, 0.3) is 5.36 Å². The van der Waals surface area contributed by atoms with Gasteiger partial charge in [0.15, 0.2) is 0 Å². The lowest BCUT2D eigenvalue weighted by molar-refractivity contribution is -0.385. The van der Waals surface area contributed by atoms with Crippen molar-refractivity contribution in [1.29, 1.82) is 0 Å². The molecule has 0 aromatic heterocycles. The predicted octanol–water partition coefficient (Wildman–Crippen LogP) is 2.69. The Labute approximate surface area is 421 Å². The molecule has 1 N–H and O–H groups in total. The highest BCUT2D eigenvalue weighted by atomic mass is 35.5. The fraction of sp³-hybridized carbons (Fsp3) is 0.234. The number of nitro groups is 1. The number of nitro benzene ring substituents is 1. The van der Waals surface area contributed by atoms with E-state index >= 15 is 0 Å². The Kier molecular flexibility index (Phi) is 18.9. The van der Waals surface area contributed by atoms with Crippen molar-refractivity contribution in [2.45, 2.75) is 0 Å². The minimum Gasteiger partial charge on any atom is -1.00 e. The van der Waals surface area contributed by atoms with Crippen LogP contribution in [-0.4, -0.2) is 105 Å². The summed E-state index contributed by atoms with van der Waals surface area (Å²) in [6, 6.07) is 35.0. The topological polar surface area (TPSA) is 109 Å². The van der Waals surface area contributed by atoms with E-state index in [0.717, 1.165) is 44.0 Å². The molecular formula is C47H51BCl2F4N10O2S3. The van der Waals surface area contributed by atoms with Crippen LogP contribution in [0.3, 0.4) is 0 Å². The molecule has 0 saturated carbocycles. The van der Waals surface area contributed by atoms with Crippen LogP contribution in [0, 0.1) is 10.1 Å². The van der Waals surface area contributed by atoms with Gasteiger partial charge in [-0.1, -0.05) is 0 Å². The molecule has 0 fully saturated rings. The quantitative estimate of drug-likeness (QED) is 0.0717. The average Bonchev–Trinajstić information content (AvgIpc) is 3.27. The second-order valence-corrected chi connectivity index (χ2v) is 19.4. The molecule has 0 radical (unpaired) electrons. The molecule has 364 valence electrons. The lowest BCUT2D eigenvalue weighted by Crippen LogP contribution is -3.00. The first-order valence-electron chi connectivity index (χ1n) is 20.7. The number of hydrogen-bond donors (Lipinski definition) is 1. The zero-order valence-corrected chi connectivity index (χ0v) is 43.7. The summed E-state index contributed by atoms with van der Waals surface area (Å²) in [5, 5.41) is 17.8. The van der Waals surface area contributed by atoms with E-state index in [1.165, 1.54) is 46.9 Å². The summed E-state index contributed by atoms with van der Waals surface area (Å²) in [5.74, 6) is 0. The molecule has 0 spiro atoms. The Balaban J connectivity index is 0.000000212. The van der Waals surface area contributed by atoms with E-state index in [4.69, 9.17) is 9.97 Å². The van der Waals surface area contributed by atoms with Gasteiger partial charge in [0.05, 0.1) is 62.4 Å². The van der Waals surface area contributed by atoms with Crippen LogP contribution in [0.2, 0.25) is 0 Å². The minimum absolute atomic E-state index is 0. The number of hydrogen-bond acceptors (Lipinski definition) is 11. The number of nitrogens with zero attached hydrogens (tertiary/aromatic N) is 9. The Morgan fingerprint density at radius 1 is 0.551 bits per heavy atom. The molecule has 22 heteroatoms. The molecule has 0 bridgehead atoms. The number of fused-ring (bicyclic) bond motifs is 6. The van der Waals surface area contributed by atoms with Crippen LogP contribution in [0.25, 0.3) is 62.4 Å². The fourth-order valence-corrected chi connectivity index (χ4v) is 9.86. The van der Waals surface area contributed by atoms with Gasteiger partial charge < -0.3 is 57.2 Å². The van der Waals surface area contributed by atoms with Crippen molar-refractivity contribution in [3.63, 3.8) is 0 Å². The highest BCUT2D eigenvalue weighted by Gasteiger charge is 2.26. The first kappa shape index (κ1) is 55.5. The monoisotopic (exact) mass is 1040 g/mol. The third-order valence-electron chi connectivity index (χ3n) is 10.2. The van der Waals surface area contributed by atoms with Gasteiger partial charge in [0.2, 0.25) is 10.7 Å². The SMILES string of the molecule is CN(C)c1ccc2nc3ccc(=[N+](C)C)c([N+](=O)[O-])c-3sc2c1.CN(C)c1ccc2nc3ccc(=[N+](C)C)cc-3sc2c1.CNc1ccc2nc3ccc(=[N+](C)C)cc-3sc2c1.F[B-](F)(F)F.[Cl-].[Cl-]. The van der Waals surface area contributed by atoms with E-state index in [0.29, 0.717) is 15.9 Å². The molecule has 6 aliphatic rings. The molecule has 9 rings (SSSR count). The molecule has 0 saturated heterocycles. The summed E-state index contributed by atoms with van der Waals surface area (Å²) in [6.07, 6.45) is 0. The third kappa shape index (κ3) is 14.0. The molecule has 3 aromatic carbocycles. The summed E-state index contributed by atoms with van der Waals surface area (Å²) in [4.78, 5) is 32.5. The summed E-state index contributed by atoms with van der Waals surface area (Å²) in [5.41, 5.74) is 9.21. The molecule has 69 heavy (non-hydrogen) atoms. The van der Waals surface area contributed by atoms with Gasteiger partial charge in [-0.3, -0.25) is 10.1 Å². The second-order valence-electron chi connectivity index (χ2n) is 16.2. The van der Waals surface area contributed by atoms with Gasteiger partial charge in [0.1, 0.15) is 47.2 Å². The Hall–Kier alpha value is -6.06. The van der Waals surface area contributed by atoms with E-state index in [9.17, 15) is 27.4 Å². The maximum Gasteiger partial charge on any atom is 0.673 e. The lowest BCUT2D eigenvalue weighted by atomic mass is 10.2. The number of benzene rings is 6. The van der Waals surface area contributed by atoms with E-state index in [2.05, 4.69) is 139 Å². The lowest BCUT2D eigenvalue weighted by Gasteiger charge is -2.13. The summed E-state index contributed by atoms with van der Waals surface area (Å²) < 4.78 is 48.3. The van der Waals surface area contributed by atoms with E-state index < -0.39 is 7.25 Å². The molecular weight excluding hydrogens is 990 g/mol. The Morgan fingerprint density at radius 3 is 1.36 bits per heavy atom. The summed E-state index contributed by atoms with van der Waals surface area (Å²) in [7, 11) is 15.8. The maximum atomic E-state index is 11.6. The van der Waals surface area contributed by atoms with Gasteiger partial charge in [-0.25, -0.2) is 28.7 Å². The molecule has 0 amide bonds. The van der Waals surface area contributed by atoms with Crippen LogP contribution >= 0.6 is 34.0 Å². The highest BCUT2D eigenvalue weighted by molar-refractivity contribution is 7.22. The van der Waals surface area contributed by atoms with Crippen LogP contribution in [-0.2, 0) is 0 Å². The van der Waals surface area contributed by atoms with E-state index in [1.54, 1.807) is 47.4 Å². The molecule has 0 atom stereocenters. The molecule has 3 heterocycles. The van der Waals surface area contributed by atoms with Crippen molar-refractivity contribution in [2.24, 2.45) is 0 Å². The van der Waals surface area contributed by atoms with Crippen LogP contribution < -0.4 is 69.7 Å². The van der Waals surface area contributed by atoms with Crippen molar-refractivity contribution >= 4 is 94.7 Å². The number of aromatic nitrogens is 3. The van der Waals surface area contributed by atoms with Gasteiger partial charge in [-0.05, 0) is 72.8 Å². The van der Waals surface area contributed by atoms with Gasteiger partial charge in [-0.2, -0.15) is 0 Å². The number of rotatable bonds is 4. The van der Waals surface area contributed by atoms with E-state index in [1.807, 2.05) is 50.3 Å². The zero-order chi connectivity index (χ0) is 48.9. The first-order valence-corrected chi connectivity index (χ1v) is 23.2. The largest absolute Gasteiger partial charge is 1.00 e. The van der Waals surface area contributed by atoms with Gasteiger partial charge in [0, 0.05) is 82.6 Å². The summed E-state index contributed by atoms with van der Waals surface area (Å²) >= 11 is 4.99. The van der Waals surface area contributed by atoms with Crippen LogP contribution in [0.15, 0.2) is 103 Å². The van der Waals surface area contributed by atoms with Crippen LogP contribution in [0.4, 0.5) is 40.0 Å². The van der Waals surface area contributed by atoms with Gasteiger partial charge in [-0.15, -0.1) is 34.0 Å². The Bertz CT molecular complexity index is 3380. The van der Waals surface area contributed by atoms with Crippen molar-refractivity contribution < 1.29 is 47.0 Å². The molecule has 3 aromatic rings. The van der Waals surface area contributed by atoms with Crippen molar-refractivity contribution in [3.8, 4) is 31.7 Å². The number of anilines is 3. The highest BCUT2D eigenvalue weighted by Crippen LogP contribution is 2.37. The molecule has 0 unspecified atom stereocenters. The number of halogens is 6. The van der Waals surface area contributed by atoms with Crippen molar-refractivity contribution in [1.82, 2.24) is 28.7 Å². The smallest absolute Gasteiger partial charge is 0.673 e. The number of nitrogens with one attached hydrogen (secondary N) is 1. The third-order valence-corrected chi connectivity index (χ3v) is 13.6. The average molecular weight is 1040 g/mol. The molecule has 3 aliphatic heterocycles. The van der Waals surface area contributed by atoms with E-state index in [-0.39, 0.29) is 35.4 Å². The molecule has 3 aliphatic carbocycles.